The van der Waals surface area contributed by atoms with Crippen LogP contribution in [0.25, 0.3) is 0 Å². The van der Waals surface area contributed by atoms with E-state index in [0.29, 0.717) is 5.56 Å². The summed E-state index contributed by atoms with van der Waals surface area (Å²) in [5, 5.41) is 2.84. The first-order valence-corrected chi connectivity index (χ1v) is 8.00. The first kappa shape index (κ1) is 17.8. The fourth-order valence-corrected chi connectivity index (χ4v) is 2.70. The van der Waals surface area contributed by atoms with Gasteiger partial charge in [0.15, 0.2) is 9.84 Å². The first-order valence-electron chi connectivity index (χ1n) is 6.11. The second kappa shape index (κ2) is 5.84. The van der Waals surface area contributed by atoms with Crippen molar-refractivity contribution in [1.29, 1.82) is 0 Å². The molecule has 1 rings (SSSR count). The largest absolute Gasteiger partial charge is 0.573 e. The smallest absolute Gasteiger partial charge is 0.406 e. The van der Waals surface area contributed by atoms with Crippen molar-refractivity contribution in [1.82, 2.24) is 5.32 Å². The Hall–Kier alpha value is -1.28. The van der Waals surface area contributed by atoms with Crippen LogP contribution in [0.2, 0.25) is 0 Å². The molecule has 4 nitrogen and oxygen atoms in total. The second-order valence-corrected chi connectivity index (χ2v) is 7.81. The summed E-state index contributed by atoms with van der Waals surface area (Å²) < 4.78 is 63.2. The van der Waals surface area contributed by atoms with Crippen molar-refractivity contribution in [2.24, 2.45) is 0 Å². The van der Waals surface area contributed by atoms with Gasteiger partial charge in [-0.15, -0.1) is 13.2 Å². The van der Waals surface area contributed by atoms with E-state index in [9.17, 15) is 21.6 Å². The van der Waals surface area contributed by atoms with Crippen LogP contribution < -0.4 is 10.1 Å². The standard InChI is InChI=1S/C13H18F3NO3S/c1-12(2,21(4,18)19)11(17-3)9-6-5-7-10(8-9)20-13(14,15)16/h5-8,11,17H,1-4H3. The molecule has 0 aliphatic rings. The molecule has 0 fully saturated rings. The molecule has 0 saturated heterocycles. The molecule has 0 aromatic heterocycles. The van der Waals surface area contributed by atoms with Crippen LogP contribution in [0.3, 0.4) is 0 Å². The van der Waals surface area contributed by atoms with E-state index in [2.05, 4.69) is 10.1 Å². The van der Waals surface area contributed by atoms with Gasteiger partial charge in [-0.2, -0.15) is 0 Å². The summed E-state index contributed by atoms with van der Waals surface area (Å²) in [4.78, 5) is 0. The molecule has 1 unspecified atom stereocenters. The van der Waals surface area contributed by atoms with Crippen LogP contribution in [-0.2, 0) is 9.84 Å². The fraction of sp³-hybridized carbons (Fsp3) is 0.538. The number of hydrogen-bond donors (Lipinski definition) is 1. The Morgan fingerprint density at radius 3 is 2.24 bits per heavy atom. The van der Waals surface area contributed by atoms with Crippen LogP contribution in [-0.4, -0.2) is 32.8 Å². The predicted octanol–water partition coefficient (Wildman–Crippen LogP) is 2.67. The maximum atomic E-state index is 12.2. The monoisotopic (exact) mass is 325 g/mol. The summed E-state index contributed by atoms with van der Waals surface area (Å²) in [5.41, 5.74) is 0.398. The van der Waals surface area contributed by atoms with Crippen molar-refractivity contribution in [2.45, 2.75) is 31.0 Å². The van der Waals surface area contributed by atoms with Gasteiger partial charge in [-0.1, -0.05) is 12.1 Å². The van der Waals surface area contributed by atoms with E-state index in [-0.39, 0.29) is 5.75 Å². The minimum Gasteiger partial charge on any atom is -0.406 e. The molecule has 21 heavy (non-hydrogen) atoms. The Balaban J connectivity index is 3.22. The van der Waals surface area contributed by atoms with Crippen LogP contribution in [0.1, 0.15) is 25.5 Å². The normalized spacial score (nSPS) is 14.8. The number of sulfone groups is 1. The van der Waals surface area contributed by atoms with Crippen molar-refractivity contribution in [2.75, 3.05) is 13.3 Å². The molecule has 120 valence electrons. The van der Waals surface area contributed by atoms with Crippen molar-refractivity contribution < 1.29 is 26.3 Å². The minimum atomic E-state index is -4.79. The van der Waals surface area contributed by atoms with Gasteiger partial charge in [0.25, 0.3) is 0 Å². The zero-order chi connectivity index (χ0) is 16.5. The third-order valence-corrected chi connectivity index (χ3v) is 5.51. The molecular weight excluding hydrogens is 307 g/mol. The number of ether oxygens (including phenoxy) is 1. The maximum absolute atomic E-state index is 12.2. The Labute approximate surface area is 122 Å². The van der Waals surface area contributed by atoms with Gasteiger partial charge in [0.1, 0.15) is 5.75 Å². The number of hydrogen-bond acceptors (Lipinski definition) is 4. The molecule has 0 heterocycles. The number of alkyl halides is 3. The highest BCUT2D eigenvalue weighted by Gasteiger charge is 2.39. The average Bonchev–Trinajstić information content (AvgIpc) is 2.26. The van der Waals surface area contributed by atoms with Gasteiger partial charge in [0.2, 0.25) is 0 Å². The lowest BCUT2D eigenvalue weighted by atomic mass is 9.95. The molecule has 8 heteroatoms. The molecule has 0 aliphatic heterocycles. The van der Waals surface area contributed by atoms with E-state index in [1.54, 1.807) is 13.1 Å². The zero-order valence-electron chi connectivity index (χ0n) is 12.2. The van der Waals surface area contributed by atoms with Crippen LogP contribution in [0.15, 0.2) is 24.3 Å². The number of nitrogens with one attached hydrogen (secondary N) is 1. The van der Waals surface area contributed by atoms with Crippen LogP contribution >= 0.6 is 0 Å². The Kier molecular flexibility index (Phi) is 4.94. The molecular formula is C13H18F3NO3S. The summed E-state index contributed by atoms with van der Waals surface area (Å²) in [5.74, 6) is -0.385. The maximum Gasteiger partial charge on any atom is 0.573 e. The molecule has 0 saturated carbocycles. The van der Waals surface area contributed by atoms with Crippen molar-refractivity contribution in [3.05, 3.63) is 29.8 Å². The van der Waals surface area contributed by atoms with Crippen LogP contribution in [0, 0.1) is 0 Å². The molecule has 1 N–H and O–H groups in total. The summed E-state index contributed by atoms with van der Waals surface area (Å²) >= 11 is 0. The van der Waals surface area contributed by atoms with E-state index >= 15 is 0 Å². The molecule has 0 spiro atoms. The molecule has 0 amide bonds. The zero-order valence-corrected chi connectivity index (χ0v) is 13.0. The van der Waals surface area contributed by atoms with Crippen molar-refractivity contribution in [3.63, 3.8) is 0 Å². The van der Waals surface area contributed by atoms with E-state index in [1.165, 1.54) is 26.0 Å². The molecule has 0 radical (unpaired) electrons. The van der Waals surface area contributed by atoms with Crippen molar-refractivity contribution in [3.8, 4) is 5.75 Å². The highest BCUT2D eigenvalue weighted by atomic mass is 32.2. The van der Waals surface area contributed by atoms with E-state index in [4.69, 9.17) is 0 Å². The summed E-state index contributed by atoms with van der Waals surface area (Å²) in [6.45, 7) is 3.03. The van der Waals surface area contributed by atoms with Crippen LogP contribution in [0.5, 0.6) is 5.75 Å². The highest BCUT2D eigenvalue weighted by Crippen LogP contribution is 2.34. The average molecular weight is 325 g/mol. The number of halogens is 3. The van der Waals surface area contributed by atoms with Crippen LogP contribution in [0.4, 0.5) is 13.2 Å². The van der Waals surface area contributed by atoms with E-state index in [0.717, 1.165) is 12.3 Å². The van der Waals surface area contributed by atoms with Gasteiger partial charge in [0.05, 0.1) is 10.8 Å². The van der Waals surface area contributed by atoms with Crippen molar-refractivity contribution >= 4 is 9.84 Å². The SMILES string of the molecule is CNC(c1cccc(OC(F)(F)F)c1)C(C)(C)S(C)(=O)=O. The van der Waals surface area contributed by atoms with Gasteiger partial charge in [-0.25, -0.2) is 8.42 Å². The Morgan fingerprint density at radius 1 is 1.24 bits per heavy atom. The molecule has 0 aliphatic carbocycles. The van der Waals surface area contributed by atoms with E-state index in [1.807, 2.05) is 0 Å². The first-order chi connectivity index (χ1) is 9.38. The lowest BCUT2D eigenvalue weighted by molar-refractivity contribution is -0.274. The topological polar surface area (TPSA) is 55.4 Å². The summed E-state index contributed by atoms with van der Waals surface area (Å²) in [6, 6.07) is 4.61. The lowest BCUT2D eigenvalue weighted by Crippen LogP contribution is -2.43. The lowest BCUT2D eigenvalue weighted by Gasteiger charge is -2.33. The number of rotatable bonds is 5. The molecule has 1 aromatic rings. The van der Waals surface area contributed by atoms with Gasteiger partial charge in [-0.05, 0) is 38.6 Å². The summed E-state index contributed by atoms with van der Waals surface area (Å²) in [7, 11) is -1.88. The fourth-order valence-electron chi connectivity index (χ4n) is 2.02. The highest BCUT2D eigenvalue weighted by molar-refractivity contribution is 7.92. The molecule has 0 bridgehead atoms. The third kappa shape index (κ3) is 4.34. The predicted molar refractivity (Wildman–Crippen MR) is 73.8 cm³/mol. The van der Waals surface area contributed by atoms with Gasteiger partial charge >= 0.3 is 6.36 Å². The number of benzene rings is 1. The Morgan fingerprint density at radius 2 is 1.81 bits per heavy atom. The second-order valence-electron chi connectivity index (χ2n) is 5.22. The Bertz CT molecular complexity index is 597. The molecule has 1 aromatic carbocycles. The van der Waals surface area contributed by atoms with Gasteiger partial charge in [0, 0.05) is 6.26 Å². The van der Waals surface area contributed by atoms with Gasteiger partial charge in [-0.3, -0.25) is 0 Å². The summed E-state index contributed by atoms with van der Waals surface area (Å²) in [6.07, 6.45) is -3.70. The quantitative estimate of drug-likeness (QED) is 0.904. The molecule has 1 atom stereocenters. The van der Waals surface area contributed by atoms with Gasteiger partial charge < -0.3 is 10.1 Å². The third-order valence-electron chi connectivity index (χ3n) is 3.36. The minimum absolute atomic E-state index is 0.385. The van der Waals surface area contributed by atoms with E-state index < -0.39 is 27.0 Å².